The van der Waals surface area contributed by atoms with Crippen molar-refractivity contribution >= 4 is 25.7 Å². The number of anilines is 1. The van der Waals surface area contributed by atoms with Crippen molar-refractivity contribution in [1.29, 1.82) is 0 Å². The Morgan fingerprint density at radius 2 is 2.19 bits per heavy atom. The minimum Gasteiger partial charge on any atom is -0.495 e. The predicted molar refractivity (Wildman–Crippen MR) is 69.4 cm³/mol. The normalized spacial score (nSPS) is 11.2. The zero-order valence-corrected chi connectivity index (χ0v) is 10.3. The van der Waals surface area contributed by atoms with Crippen LogP contribution < -0.4 is 10.1 Å². The average molecular weight is 235 g/mol. The lowest BCUT2D eigenvalue weighted by Crippen LogP contribution is -1.99. The highest BCUT2D eigenvalue weighted by molar-refractivity contribution is 7.56. The molecule has 1 aromatic rings. The first-order chi connectivity index (χ1) is 7.67. The zero-order valence-electron chi connectivity index (χ0n) is 9.36. The second-order valence-corrected chi connectivity index (χ2v) is 3.91. The average Bonchev–Trinajstić information content (AvgIpc) is 2.29. The van der Waals surface area contributed by atoms with Crippen molar-refractivity contribution in [2.45, 2.75) is 6.92 Å². The van der Waals surface area contributed by atoms with Crippen molar-refractivity contribution in [3.8, 4) is 5.75 Å². The summed E-state index contributed by atoms with van der Waals surface area (Å²) in [6, 6.07) is 7.54. The van der Waals surface area contributed by atoms with Gasteiger partial charge in [-0.3, -0.25) is 4.79 Å². The van der Waals surface area contributed by atoms with Gasteiger partial charge in [0.1, 0.15) is 5.75 Å². The molecule has 0 saturated heterocycles. The zero-order chi connectivity index (χ0) is 12.0. The van der Waals surface area contributed by atoms with Gasteiger partial charge in [0.25, 0.3) is 0 Å². The molecule has 0 unspecified atom stereocenters. The molecule has 0 saturated carbocycles. The minimum absolute atomic E-state index is 0.0279. The highest BCUT2D eigenvalue weighted by atomic mass is 31.1. The first-order valence-electron chi connectivity index (χ1n) is 4.76. The number of hydrogen-bond acceptors (Lipinski definition) is 3. The van der Waals surface area contributed by atoms with Gasteiger partial charge < -0.3 is 10.1 Å². The predicted octanol–water partition coefficient (Wildman–Crippen LogP) is 2.92. The molecule has 0 atom stereocenters. The number of nitrogens with one attached hydrogen (secondary N) is 1. The molecule has 1 N–H and O–H groups in total. The molecule has 0 spiro atoms. The van der Waals surface area contributed by atoms with Gasteiger partial charge in [0, 0.05) is 11.8 Å². The topological polar surface area (TPSA) is 38.3 Å². The van der Waals surface area contributed by atoms with Gasteiger partial charge >= 0.3 is 0 Å². The van der Waals surface area contributed by atoms with Crippen LogP contribution >= 0.6 is 8.20 Å². The van der Waals surface area contributed by atoms with Crippen LogP contribution in [0.5, 0.6) is 5.75 Å². The molecular weight excluding hydrogens is 221 g/mol. The summed E-state index contributed by atoms with van der Waals surface area (Å²) in [5.74, 6) is 0.745. The smallest absolute Gasteiger partial charge is 0.205 e. The van der Waals surface area contributed by atoms with E-state index in [1.807, 2.05) is 31.2 Å². The fraction of sp³-hybridized carbons (Fsp3) is 0.167. The van der Waals surface area contributed by atoms with Crippen molar-refractivity contribution in [3.05, 3.63) is 36.0 Å². The fourth-order valence-electron chi connectivity index (χ4n) is 1.23. The van der Waals surface area contributed by atoms with E-state index in [0.29, 0.717) is 8.20 Å². The van der Waals surface area contributed by atoms with Crippen LogP contribution in [0.15, 0.2) is 36.0 Å². The second kappa shape index (κ2) is 6.09. The van der Waals surface area contributed by atoms with E-state index in [4.69, 9.17) is 4.74 Å². The van der Waals surface area contributed by atoms with Crippen molar-refractivity contribution < 1.29 is 9.53 Å². The molecule has 0 bridgehead atoms. The Labute approximate surface area is 96.9 Å². The van der Waals surface area contributed by atoms with E-state index in [0.717, 1.165) is 17.1 Å². The molecular formula is C12H14NO2P. The van der Waals surface area contributed by atoms with E-state index < -0.39 is 0 Å². The molecule has 0 heterocycles. The van der Waals surface area contributed by atoms with Gasteiger partial charge in [-0.05, 0) is 27.3 Å². The van der Waals surface area contributed by atoms with Crippen LogP contribution in [0.25, 0.3) is 0 Å². The van der Waals surface area contributed by atoms with Crippen LogP contribution in [0.3, 0.4) is 0 Å². The molecule has 3 nitrogen and oxygen atoms in total. The summed E-state index contributed by atoms with van der Waals surface area (Å²) in [6.45, 7) is 1.83. The molecule has 0 amide bonds. The molecule has 0 aliphatic heterocycles. The van der Waals surface area contributed by atoms with Gasteiger partial charge in [-0.1, -0.05) is 18.4 Å². The van der Waals surface area contributed by atoms with Gasteiger partial charge in [-0.15, -0.1) is 0 Å². The van der Waals surface area contributed by atoms with Crippen LogP contribution in [0.4, 0.5) is 5.69 Å². The number of methoxy groups -OCH3 is 1. The summed E-state index contributed by atoms with van der Waals surface area (Å²) in [5.41, 5.74) is 1.58. The lowest BCUT2D eigenvalue weighted by Gasteiger charge is -2.10. The van der Waals surface area contributed by atoms with E-state index in [-0.39, 0.29) is 5.52 Å². The molecule has 84 valence electrons. The lowest BCUT2D eigenvalue weighted by atomic mass is 10.3. The summed E-state index contributed by atoms with van der Waals surface area (Å²) in [7, 11) is 2.10. The highest BCUT2D eigenvalue weighted by Crippen LogP contribution is 2.24. The molecule has 1 aromatic carbocycles. The molecule has 0 fully saturated rings. The van der Waals surface area contributed by atoms with Crippen molar-refractivity contribution in [1.82, 2.24) is 0 Å². The quantitative estimate of drug-likeness (QED) is 0.630. The van der Waals surface area contributed by atoms with Crippen molar-refractivity contribution in [2.24, 2.45) is 0 Å². The monoisotopic (exact) mass is 235 g/mol. The second-order valence-electron chi connectivity index (χ2n) is 3.15. The van der Waals surface area contributed by atoms with Crippen molar-refractivity contribution in [2.75, 3.05) is 12.4 Å². The number of para-hydroxylation sites is 2. The number of carbonyl (C=O) groups is 1. The standard InChI is InChI=1S/C12H14NO2P/c1-9(8-12(14)16-3)13-10-6-4-5-7-11(10)15-2/h4-8,13H,3H2,1-2H3/b9-8-. The Morgan fingerprint density at radius 1 is 1.50 bits per heavy atom. The maximum atomic E-state index is 11.1. The summed E-state index contributed by atoms with van der Waals surface area (Å²) in [4.78, 5) is 11.1. The number of carbonyl (C=O) groups excluding carboxylic acids is 1. The Bertz CT molecular complexity index is 427. The van der Waals surface area contributed by atoms with E-state index in [1.54, 1.807) is 7.11 Å². The van der Waals surface area contributed by atoms with Gasteiger partial charge in [-0.25, -0.2) is 0 Å². The molecule has 0 aromatic heterocycles. The Hall–Kier alpha value is -1.60. The third-order valence-corrected chi connectivity index (χ3v) is 2.38. The van der Waals surface area contributed by atoms with E-state index in [9.17, 15) is 4.79 Å². The summed E-state index contributed by atoms with van der Waals surface area (Å²) in [5, 5.41) is 3.11. The largest absolute Gasteiger partial charge is 0.495 e. The van der Waals surface area contributed by atoms with Crippen molar-refractivity contribution in [3.63, 3.8) is 0 Å². The molecule has 4 heteroatoms. The third-order valence-electron chi connectivity index (χ3n) is 1.93. The SMILES string of the molecule is C=PC(=O)/C=C(/C)Nc1ccccc1OC. The van der Waals surface area contributed by atoms with Crippen LogP contribution in [0.1, 0.15) is 6.92 Å². The first kappa shape index (κ1) is 12.5. The first-order valence-corrected chi connectivity index (χ1v) is 5.84. The van der Waals surface area contributed by atoms with Crippen LogP contribution in [-0.4, -0.2) is 18.9 Å². The Kier molecular flexibility index (Phi) is 4.74. The third kappa shape index (κ3) is 3.52. The molecule has 16 heavy (non-hydrogen) atoms. The van der Waals surface area contributed by atoms with Gasteiger partial charge in [0.15, 0.2) is 0 Å². The van der Waals surface area contributed by atoms with Crippen LogP contribution in [0.2, 0.25) is 0 Å². The number of allylic oxidation sites excluding steroid dienone is 2. The maximum absolute atomic E-state index is 11.1. The van der Waals surface area contributed by atoms with E-state index in [1.165, 1.54) is 6.08 Å². The molecule has 1 rings (SSSR count). The minimum atomic E-state index is -0.0279. The van der Waals surface area contributed by atoms with Crippen LogP contribution in [0, 0.1) is 0 Å². The summed E-state index contributed by atoms with van der Waals surface area (Å²) in [6.07, 6.45) is 5.03. The van der Waals surface area contributed by atoms with Crippen LogP contribution in [-0.2, 0) is 4.79 Å². The Balaban J connectivity index is 2.84. The number of rotatable bonds is 5. The highest BCUT2D eigenvalue weighted by Gasteiger charge is 2.01. The van der Waals surface area contributed by atoms with Gasteiger partial charge in [0.05, 0.1) is 12.8 Å². The number of ether oxygens (including phenoxy) is 1. The fourth-order valence-corrected chi connectivity index (χ4v) is 1.51. The van der Waals surface area contributed by atoms with Gasteiger partial charge in [-0.2, -0.15) is 0 Å². The maximum Gasteiger partial charge on any atom is 0.205 e. The van der Waals surface area contributed by atoms with Gasteiger partial charge in [0.2, 0.25) is 5.52 Å². The number of benzene rings is 1. The molecule has 0 aliphatic carbocycles. The summed E-state index contributed by atoms with van der Waals surface area (Å²) < 4.78 is 5.19. The van der Waals surface area contributed by atoms with E-state index >= 15 is 0 Å². The summed E-state index contributed by atoms with van der Waals surface area (Å²) >= 11 is 0. The Morgan fingerprint density at radius 3 is 2.81 bits per heavy atom. The molecule has 0 radical (unpaired) electrons. The van der Waals surface area contributed by atoms with E-state index in [2.05, 4.69) is 11.6 Å². The molecule has 0 aliphatic rings. The number of hydrogen-bond donors (Lipinski definition) is 1. The lowest BCUT2D eigenvalue weighted by molar-refractivity contribution is -0.107.